The van der Waals surface area contributed by atoms with Gasteiger partial charge in [-0.15, -0.1) is 0 Å². The van der Waals surface area contributed by atoms with E-state index in [0.29, 0.717) is 29.2 Å². The van der Waals surface area contributed by atoms with Crippen molar-refractivity contribution in [1.82, 2.24) is 0 Å². The number of ketones is 1. The normalized spacial score (nSPS) is 10.3. The summed E-state index contributed by atoms with van der Waals surface area (Å²) >= 11 is 3.06. The third-order valence-corrected chi connectivity index (χ3v) is 3.37. The number of hydrogen-bond acceptors (Lipinski definition) is 3. The summed E-state index contributed by atoms with van der Waals surface area (Å²) in [5.74, 6) is -0.294. The van der Waals surface area contributed by atoms with Crippen molar-refractivity contribution in [3.63, 3.8) is 0 Å². The fraction of sp³-hybridized carbons (Fsp3) is 0.133. The highest BCUT2D eigenvalue weighted by molar-refractivity contribution is 9.10. The minimum absolute atomic E-state index is 0.232. The molecule has 0 aliphatic rings. The molecule has 0 saturated heterocycles. The van der Waals surface area contributed by atoms with E-state index in [0.717, 1.165) is 0 Å². The van der Waals surface area contributed by atoms with Crippen LogP contribution in [0.4, 0.5) is 10.1 Å². The maximum absolute atomic E-state index is 13.2. The molecule has 2 rings (SSSR count). The first-order chi connectivity index (χ1) is 9.54. The standard InChI is InChI=1S/C15H13BrFNO2/c1-2-20-13-5-3-4-12(18)14(13)15(19)9-6-7-11(17)10(16)8-9/h3-8H,2,18H2,1H3. The van der Waals surface area contributed by atoms with Crippen LogP contribution in [-0.2, 0) is 0 Å². The number of nitrogens with two attached hydrogens (primary N) is 1. The van der Waals surface area contributed by atoms with Crippen molar-refractivity contribution in [2.45, 2.75) is 6.92 Å². The molecule has 0 atom stereocenters. The van der Waals surface area contributed by atoms with Gasteiger partial charge in [0.25, 0.3) is 0 Å². The highest BCUT2D eigenvalue weighted by atomic mass is 79.9. The zero-order valence-electron chi connectivity index (χ0n) is 10.8. The summed E-state index contributed by atoms with van der Waals surface area (Å²) in [6.07, 6.45) is 0. The van der Waals surface area contributed by atoms with Crippen molar-refractivity contribution in [1.29, 1.82) is 0 Å². The molecule has 2 aromatic rings. The molecule has 0 aromatic heterocycles. The smallest absolute Gasteiger partial charge is 0.198 e. The fourth-order valence-electron chi connectivity index (χ4n) is 1.85. The Hall–Kier alpha value is -1.88. The number of ether oxygens (including phenoxy) is 1. The Bertz CT molecular complexity index is 658. The van der Waals surface area contributed by atoms with Crippen molar-refractivity contribution in [2.75, 3.05) is 12.3 Å². The predicted molar refractivity (Wildman–Crippen MR) is 79.6 cm³/mol. The van der Waals surface area contributed by atoms with Gasteiger partial charge in [0.1, 0.15) is 11.6 Å². The van der Waals surface area contributed by atoms with Crippen molar-refractivity contribution in [2.24, 2.45) is 0 Å². The van der Waals surface area contributed by atoms with Gasteiger partial charge in [-0.1, -0.05) is 6.07 Å². The van der Waals surface area contributed by atoms with Crippen LogP contribution in [0.1, 0.15) is 22.8 Å². The van der Waals surface area contributed by atoms with Gasteiger partial charge in [0.05, 0.1) is 16.6 Å². The number of anilines is 1. The lowest BCUT2D eigenvalue weighted by Crippen LogP contribution is -2.09. The molecule has 0 saturated carbocycles. The first-order valence-electron chi connectivity index (χ1n) is 6.05. The summed E-state index contributed by atoms with van der Waals surface area (Å²) in [4.78, 5) is 12.5. The number of nitrogen functional groups attached to an aromatic ring is 1. The number of carbonyl (C=O) groups is 1. The lowest BCUT2D eigenvalue weighted by atomic mass is 10.0. The minimum atomic E-state index is -0.424. The van der Waals surface area contributed by atoms with E-state index in [9.17, 15) is 9.18 Å². The molecular formula is C15H13BrFNO2. The van der Waals surface area contributed by atoms with Gasteiger partial charge in [-0.25, -0.2) is 4.39 Å². The van der Waals surface area contributed by atoms with E-state index in [-0.39, 0.29) is 10.3 Å². The summed E-state index contributed by atoms with van der Waals surface area (Å²) in [6, 6.07) is 9.12. The molecule has 20 heavy (non-hydrogen) atoms. The predicted octanol–water partition coefficient (Wildman–Crippen LogP) is 3.80. The molecule has 0 unspecified atom stereocenters. The third kappa shape index (κ3) is 2.82. The quantitative estimate of drug-likeness (QED) is 0.681. The lowest BCUT2D eigenvalue weighted by Gasteiger charge is -2.12. The molecule has 2 N–H and O–H groups in total. The average Bonchev–Trinajstić information content (AvgIpc) is 2.42. The number of benzene rings is 2. The Kier molecular flexibility index (Phi) is 4.39. The molecule has 0 heterocycles. The second-order valence-electron chi connectivity index (χ2n) is 4.11. The number of hydrogen-bond donors (Lipinski definition) is 1. The van der Waals surface area contributed by atoms with E-state index >= 15 is 0 Å². The van der Waals surface area contributed by atoms with Crippen LogP contribution in [-0.4, -0.2) is 12.4 Å². The summed E-state index contributed by atoms with van der Waals surface area (Å²) in [5.41, 5.74) is 6.85. The largest absolute Gasteiger partial charge is 0.493 e. The van der Waals surface area contributed by atoms with Gasteiger partial charge in [0.2, 0.25) is 0 Å². The first kappa shape index (κ1) is 14.5. The second kappa shape index (κ2) is 6.05. The van der Waals surface area contributed by atoms with Crippen LogP contribution in [0.25, 0.3) is 0 Å². The average molecular weight is 338 g/mol. The van der Waals surface area contributed by atoms with Crippen LogP contribution < -0.4 is 10.5 Å². The van der Waals surface area contributed by atoms with Gasteiger partial charge in [0, 0.05) is 11.3 Å². The highest BCUT2D eigenvalue weighted by Crippen LogP contribution is 2.28. The Labute approximate surface area is 124 Å². The van der Waals surface area contributed by atoms with Crippen LogP contribution in [0.3, 0.4) is 0 Å². The summed E-state index contributed by atoms with van der Waals surface area (Å²) in [5, 5.41) is 0. The molecule has 0 amide bonds. The van der Waals surface area contributed by atoms with Gasteiger partial charge < -0.3 is 10.5 Å². The number of halogens is 2. The fourth-order valence-corrected chi connectivity index (χ4v) is 2.23. The lowest BCUT2D eigenvalue weighted by molar-refractivity contribution is 0.103. The molecule has 0 aliphatic carbocycles. The minimum Gasteiger partial charge on any atom is -0.493 e. The molecule has 104 valence electrons. The number of rotatable bonds is 4. The van der Waals surface area contributed by atoms with E-state index in [1.165, 1.54) is 18.2 Å². The van der Waals surface area contributed by atoms with E-state index in [1.807, 2.05) is 6.92 Å². The van der Waals surface area contributed by atoms with Crippen LogP contribution >= 0.6 is 15.9 Å². The molecule has 0 fully saturated rings. The van der Waals surface area contributed by atoms with Crippen LogP contribution in [0.15, 0.2) is 40.9 Å². The zero-order chi connectivity index (χ0) is 14.7. The maximum atomic E-state index is 13.2. The molecule has 0 radical (unpaired) electrons. The van der Waals surface area contributed by atoms with Gasteiger partial charge in [0.15, 0.2) is 5.78 Å². The zero-order valence-corrected chi connectivity index (χ0v) is 12.4. The van der Waals surface area contributed by atoms with Gasteiger partial charge >= 0.3 is 0 Å². The third-order valence-electron chi connectivity index (χ3n) is 2.77. The van der Waals surface area contributed by atoms with Gasteiger partial charge in [-0.2, -0.15) is 0 Å². The van der Waals surface area contributed by atoms with Crippen molar-refractivity contribution < 1.29 is 13.9 Å². The highest BCUT2D eigenvalue weighted by Gasteiger charge is 2.18. The Morgan fingerprint density at radius 1 is 1.35 bits per heavy atom. The summed E-state index contributed by atoms with van der Waals surface area (Å²) in [7, 11) is 0. The molecule has 5 heteroatoms. The molecule has 0 bridgehead atoms. The Balaban J connectivity index is 2.50. The molecule has 0 spiro atoms. The van der Waals surface area contributed by atoms with E-state index in [2.05, 4.69) is 15.9 Å². The first-order valence-corrected chi connectivity index (χ1v) is 6.85. The van der Waals surface area contributed by atoms with Crippen LogP contribution in [0, 0.1) is 5.82 Å². The monoisotopic (exact) mass is 337 g/mol. The Morgan fingerprint density at radius 2 is 2.10 bits per heavy atom. The number of carbonyl (C=O) groups excluding carboxylic acids is 1. The SMILES string of the molecule is CCOc1cccc(N)c1C(=O)c1ccc(F)c(Br)c1. The van der Waals surface area contributed by atoms with Crippen LogP contribution in [0.5, 0.6) is 5.75 Å². The molecule has 3 nitrogen and oxygen atoms in total. The maximum Gasteiger partial charge on any atom is 0.198 e. The Morgan fingerprint density at radius 3 is 2.75 bits per heavy atom. The van der Waals surface area contributed by atoms with Crippen molar-refractivity contribution in [3.8, 4) is 5.75 Å². The summed E-state index contributed by atoms with van der Waals surface area (Å²) in [6.45, 7) is 2.25. The van der Waals surface area contributed by atoms with Gasteiger partial charge in [-0.05, 0) is 53.2 Å². The second-order valence-corrected chi connectivity index (χ2v) is 4.97. The molecule has 2 aromatic carbocycles. The van der Waals surface area contributed by atoms with E-state index < -0.39 is 5.82 Å². The van der Waals surface area contributed by atoms with Crippen molar-refractivity contribution in [3.05, 3.63) is 57.8 Å². The molecule has 0 aliphatic heterocycles. The van der Waals surface area contributed by atoms with E-state index in [1.54, 1.807) is 18.2 Å². The summed E-state index contributed by atoms with van der Waals surface area (Å²) < 4.78 is 18.9. The van der Waals surface area contributed by atoms with E-state index in [4.69, 9.17) is 10.5 Å². The van der Waals surface area contributed by atoms with Gasteiger partial charge in [-0.3, -0.25) is 4.79 Å². The van der Waals surface area contributed by atoms with Crippen LogP contribution in [0.2, 0.25) is 0 Å². The van der Waals surface area contributed by atoms with Crippen molar-refractivity contribution >= 4 is 27.4 Å². The molecular weight excluding hydrogens is 325 g/mol. The topological polar surface area (TPSA) is 52.3 Å².